The van der Waals surface area contributed by atoms with E-state index in [1.54, 1.807) is 23.1 Å². The smallest absolute Gasteiger partial charge is 0.127 e. The Morgan fingerprint density at radius 2 is 2.09 bits per heavy atom. The van der Waals surface area contributed by atoms with Crippen LogP contribution >= 0.6 is 23.1 Å². The van der Waals surface area contributed by atoms with Gasteiger partial charge in [0, 0.05) is 16.0 Å². The molecule has 0 fully saturated rings. The third-order valence-electron chi connectivity index (χ3n) is 3.23. The van der Waals surface area contributed by atoms with Crippen LogP contribution in [0.3, 0.4) is 0 Å². The van der Waals surface area contributed by atoms with Gasteiger partial charge in [-0.1, -0.05) is 24.3 Å². The highest BCUT2D eigenvalue weighted by atomic mass is 32.2. The van der Waals surface area contributed by atoms with E-state index < -0.39 is 6.10 Å². The maximum absolute atomic E-state index is 10.1. The van der Waals surface area contributed by atoms with Crippen LogP contribution in [0.5, 0.6) is 0 Å². The predicted octanol–water partition coefficient (Wildman–Crippen LogP) is 3.67. The van der Waals surface area contributed by atoms with E-state index in [4.69, 9.17) is 4.74 Å². The first-order valence-corrected chi connectivity index (χ1v) is 9.23. The molecule has 23 heavy (non-hydrogen) atoms. The first-order chi connectivity index (χ1) is 11.2. The number of aromatic nitrogens is 2. The zero-order valence-electron chi connectivity index (χ0n) is 12.8. The Bertz CT molecular complexity index is 762. The molecule has 0 saturated carbocycles. The van der Waals surface area contributed by atoms with Gasteiger partial charge in [-0.25, -0.2) is 9.97 Å². The van der Waals surface area contributed by atoms with Gasteiger partial charge in [0.1, 0.15) is 10.9 Å². The number of thioether (sulfide) groups is 1. The molecule has 2 aromatic heterocycles. The number of aryl methyl sites for hydroxylation is 1. The summed E-state index contributed by atoms with van der Waals surface area (Å²) in [6.45, 7) is 2.76. The van der Waals surface area contributed by atoms with Crippen molar-refractivity contribution in [2.75, 3.05) is 12.4 Å². The number of aliphatic hydroxyl groups excluding tert-OH is 1. The summed E-state index contributed by atoms with van der Waals surface area (Å²) in [6.07, 6.45) is -0.519. The molecule has 2 heterocycles. The third-order valence-corrected chi connectivity index (χ3v) is 5.21. The van der Waals surface area contributed by atoms with Gasteiger partial charge >= 0.3 is 0 Å². The second-order valence-electron chi connectivity index (χ2n) is 5.15. The number of nitrogens with zero attached hydrogens (tertiary/aromatic N) is 2. The van der Waals surface area contributed by atoms with E-state index in [-0.39, 0.29) is 0 Å². The van der Waals surface area contributed by atoms with Crippen LogP contribution in [0.2, 0.25) is 0 Å². The first kappa shape index (κ1) is 16.4. The maximum atomic E-state index is 10.1. The van der Waals surface area contributed by atoms with Crippen LogP contribution in [0, 0.1) is 6.92 Å². The first-order valence-electron chi connectivity index (χ1n) is 7.37. The monoisotopic (exact) mass is 346 g/mol. The molecule has 0 bridgehead atoms. The summed E-state index contributed by atoms with van der Waals surface area (Å²) in [5.41, 5.74) is 0.936. The summed E-state index contributed by atoms with van der Waals surface area (Å²) in [5, 5.41) is 14.0. The number of fused-ring (bicyclic) bond motifs is 1. The number of hydrogen-bond donors (Lipinski definition) is 1. The number of hydrogen-bond acceptors (Lipinski definition) is 6. The number of benzene rings is 1. The summed E-state index contributed by atoms with van der Waals surface area (Å²) >= 11 is 3.20. The second kappa shape index (κ2) is 7.88. The van der Waals surface area contributed by atoms with Crippen LogP contribution in [0.1, 0.15) is 10.7 Å². The Hall–Kier alpha value is -1.47. The molecular weight excluding hydrogens is 328 g/mol. The van der Waals surface area contributed by atoms with Crippen molar-refractivity contribution in [1.82, 2.24) is 9.97 Å². The van der Waals surface area contributed by atoms with Crippen molar-refractivity contribution in [3.05, 3.63) is 52.5 Å². The minimum atomic E-state index is -0.519. The summed E-state index contributed by atoms with van der Waals surface area (Å²) in [5.74, 6) is 1.29. The molecular formula is C17H18N2O2S2. The fraction of sp³-hybridized carbons (Fsp3) is 0.294. The van der Waals surface area contributed by atoms with E-state index in [1.807, 2.05) is 48.7 Å². The zero-order valence-corrected chi connectivity index (χ0v) is 14.4. The van der Waals surface area contributed by atoms with Crippen molar-refractivity contribution in [3.63, 3.8) is 0 Å². The highest BCUT2D eigenvalue weighted by Crippen LogP contribution is 2.25. The molecule has 0 radical (unpaired) electrons. The number of rotatable bonds is 7. The molecule has 3 rings (SSSR count). The molecule has 4 nitrogen and oxygen atoms in total. The molecule has 0 unspecified atom stereocenters. The van der Waals surface area contributed by atoms with Crippen molar-refractivity contribution in [1.29, 1.82) is 0 Å². The van der Waals surface area contributed by atoms with Gasteiger partial charge < -0.3 is 9.84 Å². The van der Waals surface area contributed by atoms with E-state index in [0.717, 1.165) is 21.8 Å². The lowest BCUT2D eigenvalue weighted by Crippen LogP contribution is -2.18. The van der Waals surface area contributed by atoms with Crippen LogP contribution in [-0.2, 0) is 11.3 Å². The van der Waals surface area contributed by atoms with Crippen LogP contribution in [0.4, 0.5) is 0 Å². The Morgan fingerprint density at radius 1 is 1.22 bits per heavy atom. The fourth-order valence-electron chi connectivity index (χ4n) is 2.18. The Labute approximate surface area is 143 Å². The molecule has 0 amide bonds. The Balaban J connectivity index is 1.55. The SMILES string of the molecule is Cc1nc(SC[C@H](O)COCc2cccs2)c2ccccc2n1. The number of para-hydroxylation sites is 1. The number of thiophene rings is 1. The van der Waals surface area contributed by atoms with Gasteiger partial charge in [0.15, 0.2) is 0 Å². The van der Waals surface area contributed by atoms with E-state index in [1.165, 1.54) is 4.88 Å². The van der Waals surface area contributed by atoms with Gasteiger partial charge in [0.05, 0.1) is 24.8 Å². The van der Waals surface area contributed by atoms with Crippen LogP contribution in [-0.4, -0.2) is 33.5 Å². The molecule has 0 saturated heterocycles. The van der Waals surface area contributed by atoms with Crippen molar-refractivity contribution < 1.29 is 9.84 Å². The van der Waals surface area contributed by atoms with Crippen molar-refractivity contribution in [2.45, 2.75) is 24.7 Å². The lowest BCUT2D eigenvalue weighted by atomic mass is 10.2. The van der Waals surface area contributed by atoms with Gasteiger partial charge in [-0.05, 0) is 24.4 Å². The minimum absolute atomic E-state index is 0.326. The Morgan fingerprint density at radius 3 is 2.91 bits per heavy atom. The molecule has 6 heteroatoms. The quantitative estimate of drug-likeness (QED) is 0.522. The van der Waals surface area contributed by atoms with Crippen molar-refractivity contribution in [3.8, 4) is 0 Å². The van der Waals surface area contributed by atoms with Crippen LogP contribution < -0.4 is 0 Å². The van der Waals surface area contributed by atoms with Crippen molar-refractivity contribution in [2.24, 2.45) is 0 Å². The fourth-order valence-corrected chi connectivity index (χ4v) is 3.79. The van der Waals surface area contributed by atoms with Gasteiger partial charge in [-0.2, -0.15) is 0 Å². The highest BCUT2D eigenvalue weighted by Gasteiger charge is 2.10. The molecule has 1 N–H and O–H groups in total. The molecule has 3 aromatic rings. The van der Waals surface area contributed by atoms with Gasteiger partial charge in [-0.15, -0.1) is 23.1 Å². The van der Waals surface area contributed by atoms with Gasteiger partial charge in [0.2, 0.25) is 0 Å². The van der Waals surface area contributed by atoms with Crippen LogP contribution in [0.25, 0.3) is 10.9 Å². The topological polar surface area (TPSA) is 55.2 Å². The molecule has 0 aliphatic rings. The van der Waals surface area contributed by atoms with E-state index >= 15 is 0 Å². The zero-order chi connectivity index (χ0) is 16.1. The van der Waals surface area contributed by atoms with Crippen molar-refractivity contribution >= 4 is 34.0 Å². The van der Waals surface area contributed by atoms with E-state index in [9.17, 15) is 5.11 Å². The van der Waals surface area contributed by atoms with Gasteiger partial charge in [-0.3, -0.25) is 0 Å². The van der Waals surface area contributed by atoms with E-state index in [2.05, 4.69) is 9.97 Å². The van der Waals surface area contributed by atoms with Gasteiger partial charge in [0.25, 0.3) is 0 Å². The molecule has 0 spiro atoms. The molecule has 120 valence electrons. The summed E-state index contributed by atoms with van der Waals surface area (Å²) in [6, 6.07) is 12.0. The predicted molar refractivity (Wildman–Crippen MR) is 95.0 cm³/mol. The average molecular weight is 346 g/mol. The number of ether oxygens (including phenoxy) is 1. The Kier molecular flexibility index (Phi) is 5.61. The molecule has 0 aliphatic carbocycles. The molecule has 0 aliphatic heterocycles. The standard InChI is InChI=1S/C17H18N2O2S2/c1-12-18-16-7-3-2-6-15(16)17(19-12)23-11-13(20)9-21-10-14-5-4-8-22-14/h2-8,13,20H,9-11H2,1H3/t13-/m1/s1. The lowest BCUT2D eigenvalue weighted by Gasteiger charge is -2.11. The normalized spacial score (nSPS) is 12.6. The van der Waals surface area contributed by atoms with Crippen LogP contribution in [0.15, 0.2) is 46.8 Å². The lowest BCUT2D eigenvalue weighted by molar-refractivity contribution is 0.0409. The van der Waals surface area contributed by atoms with E-state index in [0.29, 0.717) is 19.0 Å². The summed E-state index contributed by atoms with van der Waals surface area (Å²) < 4.78 is 5.55. The third kappa shape index (κ3) is 4.51. The molecule has 1 atom stereocenters. The second-order valence-corrected chi connectivity index (χ2v) is 7.19. The summed E-state index contributed by atoms with van der Waals surface area (Å²) in [4.78, 5) is 10.1. The minimum Gasteiger partial charge on any atom is -0.390 e. The molecule has 1 aromatic carbocycles. The number of aliphatic hydroxyl groups is 1. The highest BCUT2D eigenvalue weighted by molar-refractivity contribution is 7.99. The average Bonchev–Trinajstić information content (AvgIpc) is 3.06. The largest absolute Gasteiger partial charge is 0.390 e. The summed E-state index contributed by atoms with van der Waals surface area (Å²) in [7, 11) is 0. The maximum Gasteiger partial charge on any atom is 0.127 e.